The molecule has 1 N–H and O–H groups in total. The van der Waals surface area contributed by atoms with Crippen LogP contribution in [0.5, 0.6) is 0 Å². The van der Waals surface area contributed by atoms with Crippen molar-refractivity contribution in [2.45, 2.75) is 31.7 Å². The van der Waals surface area contributed by atoms with Crippen LogP contribution >= 0.6 is 0 Å². The van der Waals surface area contributed by atoms with Crippen LogP contribution in [0.3, 0.4) is 0 Å². The maximum atomic E-state index is 13.1. The molecule has 0 spiro atoms. The maximum Gasteiger partial charge on any atom is 0.241 e. The zero-order chi connectivity index (χ0) is 20.1. The summed E-state index contributed by atoms with van der Waals surface area (Å²) < 4.78 is 0. The van der Waals surface area contributed by atoms with Crippen LogP contribution in [0.4, 0.5) is 5.69 Å². The number of fused-ring (bicyclic) bond motifs is 1. The molecule has 1 amide bonds. The van der Waals surface area contributed by atoms with E-state index >= 15 is 0 Å². The minimum atomic E-state index is 0.143. The predicted octanol–water partition coefficient (Wildman–Crippen LogP) is 4.78. The summed E-state index contributed by atoms with van der Waals surface area (Å²) in [6.07, 6.45) is 2.05. The lowest BCUT2D eigenvalue weighted by Crippen LogP contribution is -2.46. The molecule has 3 aromatic rings. The number of nitrogens with one attached hydrogen (secondary N) is 1. The van der Waals surface area contributed by atoms with E-state index in [1.165, 1.54) is 16.7 Å². The fourth-order valence-corrected chi connectivity index (χ4v) is 4.28. The van der Waals surface area contributed by atoms with E-state index in [0.717, 1.165) is 25.1 Å². The molecule has 0 saturated carbocycles. The number of benzene rings is 3. The van der Waals surface area contributed by atoms with E-state index in [-0.39, 0.29) is 17.9 Å². The average Bonchev–Trinajstić information content (AvgIpc) is 2.77. The quantitative estimate of drug-likeness (QED) is 0.664. The van der Waals surface area contributed by atoms with Gasteiger partial charge in [-0.25, -0.2) is 0 Å². The molecule has 3 heteroatoms. The molecule has 0 bridgehead atoms. The van der Waals surface area contributed by atoms with Gasteiger partial charge in [-0.1, -0.05) is 78.9 Å². The Labute approximate surface area is 173 Å². The minimum absolute atomic E-state index is 0.143. The van der Waals surface area contributed by atoms with Gasteiger partial charge in [0, 0.05) is 24.2 Å². The summed E-state index contributed by atoms with van der Waals surface area (Å²) in [5, 5.41) is 3.44. The summed E-state index contributed by atoms with van der Waals surface area (Å²) in [7, 11) is 0. The second-order valence-electron chi connectivity index (χ2n) is 7.79. The van der Waals surface area contributed by atoms with Crippen LogP contribution in [0, 0.1) is 0 Å². The average molecular weight is 385 g/mol. The molecule has 1 aliphatic heterocycles. The van der Waals surface area contributed by atoms with Crippen LogP contribution in [0.2, 0.25) is 0 Å². The Morgan fingerprint density at radius 1 is 0.931 bits per heavy atom. The van der Waals surface area contributed by atoms with Gasteiger partial charge in [0.15, 0.2) is 0 Å². The highest BCUT2D eigenvalue weighted by molar-refractivity contribution is 5.96. The first-order valence-electron chi connectivity index (χ1n) is 10.4. The lowest BCUT2D eigenvalue weighted by Gasteiger charge is -2.35. The summed E-state index contributed by atoms with van der Waals surface area (Å²) in [6.45, 7) is 3.21. The van der Waals surface area contributed by atoms with E-state index in [4.69, 9.17) is 0 Å². The molecule has 0 fully saturated rings. The standard InChI is InChI=1S/C26H28N2O/c1-20-16-17-23-14-8-9-15-25(23)28(20)26(29)19-27-18-24(21-10-4-2-5-11-21)22-12-6-3-7-13-22/h2-15,20,24,27H,16-19H2,1H3. The monoisotopic (exact) mass is 384 g/mol. The first-order chi connectivity index (χ1) is 14.2. The van der Waals surface area contributed by atoms with Crippen LogP contribution in [-0.2, 0) is 11.2 Å². The Morgan fingerprint density at radius 3 is 2.17 bits per heavy atom. The molecule has 0 saturated heterocycles. The highest BCUT2D eigenvalue weighted by Crippen LogP contribution is 2.30. The van der Waals surface area contributed by atoms with Gasteiger partial charge in [0.25, 0.3) is 0 Å². The normalized spacial score (nSPS) is 15.9. The molecule has 148 valence electrons. The van der Waals surface area contributed by atoms with E-state index in [1.807, 2.05) is 23.1 Å². The third kappa shape index (κ3) is 4.41. The fraction of sp³-hybridized carbons (Fsp3) is 0.269. The third-order valence-electron chi connectivity index (χ3n) is 5.82. The second-order valence-corrected chi connectivity index (χ2v) is 7.79. The molecule has 29 heavy (non-hydrogen) atoms. The van der Waals surface area contributed by atoms with Gasteiger partial charge in [-0.15, -0.1) is 0 Å². The molecule has 3 nitrogen and oxygen atoms in total. The number of para-hydroxylation sites is 1. The number of carbonyl (C=O) groups is 1. The van der Waals surface area contributed by atoms with Gasteiger partial charge < -0.3 is 10.2 Å². The number of amides is 1. The zero-order valence-corrected chi connectivity index (χ0v) is 16.9. The highest BCUT2D eigenvalue weighted by Gasteiger charge is 2.27. The lowest BCUT2D eigenvalue weighted by molar-refractivity contribution is -0.118. The summed E-state index contributed by atoms with van der Waals surface area (Å²) >= 11 is 0. The molecule has 4 rings (SSSR count). The Balaban J connectivity index is 1.46. The molecular weight excluding hydrogens is 356 g/mol. The number of hydrogen-bond donors (Lipinski definition) is 1. The molecule has 1 unspecified atom stereocenters. The van der Waals surface area contributed by atoms with Gasteiger partial charge in [-0.2, -0.15) is 0 Å². The van der Waals surface area contributed by atoms with Crippen molar-refractivity contribution in [1.29, 1.82) is 0 Å². The largest absolute Gasteiger partial charge is 0.308 e. The maximum absolute atomic E-state index is 13.1. The minimum Gasteiger partial charge on any atom is -0.308 e. The number of rotatable bonds is 6. The molecule has 0 aliphatic carbocycles. The van der Waals surface area contributed by atoms with Crippen LogP contribution < -0.4 is 10.2 Å². The van der Waals surface area contributed by atoms with Crippen LogP contribution in [-0.4, -0.2) is 25.0 Å². The highest BCUT2D eigenvalue weighted by atomic mass is 16.2. The molecule has 0 radical (unpaired) electrons. The van der Waals surface area contributed by atoms with Crippen molar-refractivity contribution < 1.29 is 4.79 Å². The number of aryl methyl sites for hydroxylation is 1. The lowest BCUT2D eigenvalue weighted by atomic mass is 9.91. The van der Waals surface area contributed by atoms with Crippen LogP contribution in [0.1, 0.15) is 36.0 Å². The summed E-state index contributed by atoms with van der Waals surface area (Å²) in [4.78, 5) is 15.1. The first kappa shape index (κ1) is 19.4. The smallest absolute Gasteiger partial charge is 0.241 e. The molecule has 1 aliphatic rings. The van der Waals surface area contributed by atoms with Crippen molar-refractivity contribution in [1.82, 2.24) is 5.32 Å². The SMILES string of the molecule is CC1CCc2ccccc2N1C(=O)CNCC(c1ccccc1)c1ccccc1. The van der Waals surface area contributed by atoms with Crippen molar-refractivity contribution >= 4 is 11.6 Å². The van der Waals surface area contributed by atoms with E-state index in [1.54, 1.807) is 0 Å². The van der Waals surface area contributed by atoms with E-state index in [9.17, 15) is 4.79 Å². The topological polar surface area (TPSA) is 32.3 Å². The van der Waals surface area contributed by atoms with E-state index in [2.05, 4.69) is 79.0 Å². The zero-order valence-electron chi connectivity index (χ0n) is 16.9. The van der Waals surface area contributed by atoms with Crippen LogP contribution in [0.15, 0.2) is 84.9 Å². The predicted molar refractivity (Wildman–Crippen MR) is 119 cm³/mol. The fourth-order valence-electron chi connectivity index (χ4n) is 4.28. The third-order valence-corrected chi connectivity index (χ3v) is 5.82. The number of carbonyl (C=O) groups excluding carboxylic acids is 1. The Hall–Kier alpha value is -2.91. The number of hydrogen-bond acceptors (Lipinski definition) is 2. The van der Waals surface area contributed by atoms with Crippen molar-refractivity contribution in [2.24, 2.45) is 0 Å². The first-order valence-corrected chi connectivity index (χ1v) is 10.4. The van der Waals surface area contributed by atoms with Gasteiger partial charge >= 0.3 is 0 Å². The summed E-state index contributed by atoms with van der Waals surface area (Å²) in [5.41, 5.74) is 4.86. The van der Waals surface area contributed by atoms with Gasteiger partial charge in [-0.3, -0.25) is 4.79 Å². The van der Waals surface area contributed by atoms with Gasteiger partial charge in [0.05, 0.1) is 6.54 Å². The van der Waals surface area contributed by atoms with Crippen molar-refractivity contribution in [3.63, 3.8) is 0 Å². The Kier molecular flexibility index (Phi) is 6.06. The van der Waals surface area contributed by atoms with E-state index < -0.39 is 0 Å². The van der Waals surface area contributed by atoms with Crippen LogP contribution in [0.25, 0.3) is 0 Å². The number of nitrogens with zero attached hydrogens (tertiary/aromatic N) is 1. The van der Waals surface area contributed by atoms with Crippen molar-refractivity contribution in [3.8, 4) is 0 Å². The van der Waals surface area contributed by atoms with Gasteiger partial charge in [0.1, 0.15) is 0 Å². The summed E-state index contributed by atoms with van der Waals surface area (Å²) in [5.74, 6) is 0.362. The second kappa shape index (κ2) is 9.06. The Morgan fingerprint density at radius 2 is 1.52 bits per heavy atom. The molecule has 1 atom stereocenters. The molecule has 3 aromatic carbocycles. The number of anilines is 1. The van der Waals surface area contributed by atoms with Gasteiger partial charge in [0.2, 0.25) is 5.91 Å². The van der Waals surface area contributed by atoms with Crippen molar-refractivity contribution in [3.05, 3.63) is 102 Å². The van der Waals surface area contributed by atoms with Gasteiger partial charge in [-0.05, 0) is 42.5 Å². The Bertz CT molecular complexity index is 900. The molecule has 0 aromatic heterocycles. The molecule has 1 heterocycles. The van der Waals surface area contributed by atoms with E-state index in [0.29, 0.717) is 6.54 Å². The molecular formula is C26H28N2O. The summed E-state index contributed by atoms with van der Waals surface area (Å²) in [6, 6.07) is 29.5. The van der Waals surface area contributed by atoms with Crippen molar-refractivity contribution in [2.75, 3.05) is 18.0 Å².